The van der Waals surface area contributed by atoms with Gasteiger partial charge < -0.3 is 0 Å². The summed E-state index contributed by atoms with van der Waals surface area (Å²) in [7, 11) is 0. The third kappa shape index (κ3) is 1.98. The van der Waals surface area contributed by atoms with E-state index >= 15 is 0 Å². The minimum atomic E-state index is 0.0418. The van der Waals surface area contributed by atoms with Crippen LogP contribution in [-0.4, -0.2) is 4.08 Å². The second kappa shape index (κ2) is 5.62. The van der Waals surface area contributed by atoms with Gasteiger partial charge in [0, 0.05) is 5.41 Å². The molecule has 0 saturated heterocycles. The lowest BCUT2D eigenvalue weighted by Gasteiger charge is -2.56. The standard InChI is InChI=1S/C20H22Cl2S2/c1-19-15-10-17(21)23-20(19,12-6-3-2-4-7-12)24-18(22)11-16(19)14-9-5-8-13(14)15/h10-12H,2-9H2,1H3. The molecule has 0 aromatic rings. The maximum atomic E-state index is 6.73. The second-order valence-corrected chi connectivity index (χ2v) is 12.0. The van der Waals surface area contributed by atoms with Crippen molar-refractivity contribution >= 4 is 46.7 Å². The molecule has 3 aliphatic carbocycles. The molecule has 0 aromatic carbocycles. The first-order chi connectivity index (χ1) is 11.6. The molecule has 2 saturated carbocycles. The van der Waals surface area contributed by atoms with E-state index in [-0.39, 0.29) is 9.49 Å². The zero-order chi connectivity index (χ0) is 16.5. The van der Waals surface area contributed by atoms with Gasteiger partial charge in [-0.05, 0) is 79.4 Å². The molecule has 0 unspecified atom stereocenters. The van der Waals surface area contributed by atoms with E-state index in [1.54, 1.807) is 11.1 Å². The molecular weight excluding hydrogens is 375 g/mol. The van der Waals surface area contributed by atoms with Gasteiger partial charge in [0.05, 0.1) is 12.8 Å². The number of fused-ring (bicyclic) bond motifs is 1. The van der Waals surface area contributed by atoms with Gasteiger partial charge in [-0.15, -0.1) is 0 Å². The van der Waals surface area contributed by atoms with Gasteiger partial charge >= 0.3 is 0 Å². The molecule has 0 N–H and O–H groups in total. The molecule has 2 aliphatic heterocycles. The van der Waals surface area contributed by atoms with Crippen LogP contribution in [0.1, 0.15) is 58.3 Å². The van der Waals surface area contributed by atoms with Crippen molar-refractivity contribution in [2.45, 2.75) is 62.4 Å². The number of hydrogen-bond donors (Lipinski definition) is 0. The normalized spacial score (nSPS) is 39.0. The number of hydrogen-bond acceptors (Lipinski definition) is 2. The van der Waals surface area contributed by atoms with Crippen molar-refractivity contribution in [1.82, 2.24) is 0 Å². The number of thioether (sulfide) groups is 2. The summed E-state index contributed by atoms with van der Waals surface area (Å²) >= 11 is 17.3. The third-order valence-electron chi connectivity index (χ3n) is 6.80. The average Bonchev–Trinajstić information content (AvgIpc) is 3.12. The minimum Gasteiger partial charge on any atom is -0.0941 e. The Balaban J connectivity index is 1.77. The average molecular weight is 397 g/mol. The Morgan fingerprint density at radius 2 is 1.42 bits per heavy atom. The lowest BCUT2D eigenvalue weighted by Crippen LogP contribution is -2.51. The van der Waals surface area contributed by atoms with E-state index in [0.717, 1.165) is 8.73 Å². The minimum absolute atomic E-state index is 0.0418. The summed E-state index contributed by atoms with van der Waals surface area (Å²) in [6, 6.07) is 0. The van der Waals surface area contributed by atoms with Gasteiger partial charge in [0.15, 0.2) is 0 Å². The van der Waals surface area contributed by atoms with E-state index in [0.29, 0.717) is 5.92 Å². The summed E-state index contributed by atoms with van der Waals surface area (Å²) in [5, 5.41) is 0. The van der Waals surface area contributed by atoms with Crippen LogP contribution >= 0.6 is 46.7 Å². The van der Waals surface area contributed by atoms with Crippen LogP contribution in [0, 0.1) is 11.3 Å². The monoisotopic (exact) mass is 396 g/mol. The fourth-order valence-electron chi connectivity index (χ4n) is 5.78. The SMILES string of the molecule is CC12C3=C4CCCC4=C1C=C(Cl)SC2(C1CCCCC1)SC(Cl)=C3. The maximum Gasteiger partial charge on any atom is 0.0884 e. The third-order valence-corrected chi connectivity index (χ3v) is 10.7. The predicted molar refractivity (Wildman–Crippen MR) is 108 cm³/mol. The van der Waals surface area contributed by atoms with Crippen LogP contribution in [0.3, 0.4) is 0 Å². The van der Waals surface area contributed by atoms with E-state index in [4.69, 9.17) is 23.2 Å². The van der Waals surface area contributed by atoms with E-state index in [2.05, 4.69) is 19.1 Å². The highest BCUT2D eigenvalue weighted by molar-refractivity contribution is 8.23. The summed E-state index contributed by atoms with van der Waals surface area (Å²) in [6.07, 6.45) is 15.0. The van der Waals surface area contributed by atoms with Crippen LogP contribution < -0.4 is 0 Å². The van der Waals surface area contributed by atoms with Crippen LogP contribution in [0.4, 0.5) is 0 Å². The van der Waals surface area contributed by atoms with Crippen molar-refractivity contribution in [1.29, 1.82) is 0 Å². The highest BCUT2D eigenvalue weighted by Gasteiger charge is 2.64. The first kappa shape index (κ1) is 16.4. The molecule has 0 spiro atoms. The number of rotatable bonds is 1. The van der Waals surface area contributed by atoms with Crippen molar-refractivity contribution in [3.63, 3.8) is 0 Å². The van der Waals surface area contributed by atoms with Gasteiger partial charge in [-0.1, -0.05) is 66.0 Å². The molecule has 0 radical (unpaired) electrons. The Labute approximate surface area is 163 Å². The molecule has 5 aliphatic rings. The highest BCUT2D eigenvalue weighted by Crippen LogP contribution is 2.75. The Bertz CT molecular complexity index is 689. The summed E-state index contributed by atoms with van der Waals surface area (Å²) in [4.78, 5) is 0. The molecule has 2 heterocycles. The molecule has 5 rings (SSSR count). The maximum absolute atomic E-state index is 6.73. The van der Waals surface area contributed by atoms with Crippen LogP contribution in [0.15, 0.2) is 43.2 Å². The first-order valence-corrected chi connectivity index (χ1v) is 11.6. The molecule has 0 bridgehead atoms. The lowest BCUT2D eigenvalue weighted by molar-refractivity contribution is 0.260. The van der Waals surface area contributed by atoms with Gasteiger partial charge in [-0.25, -0.2) is 0 Å². The first-order valence-electron chi connectivity index (χ1n) is 9.16. The molecule has 24 heavy (non-hydrogen) atoms. The van der Waals surface area contributed by atoms with Gasteiger partial charge in [0.2, 0.25) is 0 Å². The Morgan fingerprint density at radius 1 is 0.875 bits per heavy atom. The van der Waals surface area contributed by atoms with Crippen LogP contribution in [0.25, 0.3) is 0 Å². The molecule has 4 heteroatoms. The van der Waals surface area contributed by atoms with E-state index in [1.807, 2.05) is 23.5 Å². The largest absolute Gasteiger partial charge is 0.0941 e. The zero-order valence-electron chi connectivity index (χ0n) is 14.0. The van der Waals surface area contributed by atoms with Gasteiger partial charge in [-0.3, -0.25) is 0 Å². The molecule has 0 nitrogen and oxygen atoms in total. The van der Waals surface area contributed by atoms with Crippen molar-refractivity contribution in [2.75, 3.05) is 0 Å². The van der Waals surface area contributed by atoms with Crippen molar-refractivity contribution in [2.24, 2.45) is 11.3 Å². The number of allylic oxidation sites excluding steroid dienone is 6. The zero-order valence-corrected chi connectivity index (χ0v) is 17.1. The molecular formula is C20H22Cl2S2. The van der Waals surface area contributed by atoms with Gasteiger partial charge in [0.1, 0.15) is 0 Å². The Kier molecular flexibility index (Phi) is 3.84. The van der Waals surface area contributed by atoms with Crippen LogP contribution in [0.5, 0.6) is 0 Å². The van der Waals surface area contributed by atoms with Gasteiger partial charge in [-0.2, -0.15) is 0 Å². The smallest absolute Gasteiger partial charge is 0.0884 e. The topological polar surface area (TPSA) is 0 Å². The fraction of sp³-hybridized carbons (Fsp3) is 0.600. The van der Waals surface area contributed by atoms with Gasteiger partial charge in [0.25, 0.3) is 0 Å². The highest BCUT2D eigenvalue weighted by atomic mass is 35.5. The Morgan fingerprint density at radius 3 is 1.96 bits per heavy atom. The Hall–Kier alpha value is 0.240. The number of halogens is 2. The quantitative estimate of drug-likeness (QED) is 0.444. The molecule has 128 valence electrons. The van der Waals surface area contributed by atoms with E-state index < -0.39 is 0 Å². The van der Waals surface area contributed by atoms with Crippen molar-refractivity contribution in [3.8, 4) is 0 Å². The molecule has 0 atom stereocenters. The molecule has 0 amide bonds. The summed E-state index contributed by atoms with van der Waals surface area (Å²) in [5.41, 5.74) is 6.30. The predicted octanol–water partition coefficient (Wildman–Crippen LogP) is 7.71. The van der Waals surface area contributed by atoms with E-state index in [9.17, 15) is 0 Å². The summed E-state index contributed by atoms with van der Waals surface area (Å²) in [6.45, 7) is 2.49. The van der Waals surface area contributed by atoms with Crippen LogP contribution in [0.2, 0.25) is 0 Å². The molecule has 0 aromatic heterocycles. The van der Waals surface area contributed by atoms with Crippen molar-refractivity contribution < 1.29 is 0 Å². The van der Waals surface area contributed by atoms with Crippen molar-refractivity contribution in [3.05, 3.63) is 43.2 Å². The second-order valence-electron chi connectivity index (χ2n) is 7.87. The van der Waals surface area contributed by atoms with Crippen LogP contribution in [-0.2, 0) is 0 Å². The summed E-state index contributed by atoms with van der Waals surface area (Å²) in [5.74, 6) is 0.682. The summed E-state index contributed by atoms with van der Waals surface area (Å²) < 4.78 is 1.97. The molecule has 2 fully saturated rings. The van der Waals surface area contributed by atoms with E-state index in [1.165, 1.54) is 62.5 Å². The fourth-order valence-corrected chi connectivity index (χ4v) is 10.3. The lowest BCUT2D eigenvalue weighted by atomic mass is 9.67.